The fraction of sp³-hybridized carbons (Fsp3) is 0.0714. The second kappa shape index (κ2) is 5.75. The number of carbonyl (C=O) groups excluding carboxylic acids is 1. The molecule has 0 atom stereocenters. The van der Waals surface area contributed by atoms with Gasteiger partial charge in [-0.1, -0.05) is 22.0 Å². The van der Waals surface area contributed by atoms with E-state index in [0.717, 1.165) is 4.47 Å². The van der Waals surface area contributed by atoms with Crippen LogP contribution in [0.2, 0.25) is 0 Å². The molecule has 1 amide bonds. The summed E-state index contributed by atoms with van der Waals surface area (Å²) in [5.74, 6) is -0.290. The van der Waals surface area contributed by atoms with Crippen molar-refractivity contribution in [2.45, 2.75) is 0 Å². The van der Waals surface area contributed by atoms with E-state index < -0.39 is 5.91 Å². The van der Waals surface area contributed by atoms with Crippen LogP contribution in [0.15, 0.2) is 46.9 Å². The van der Waals surface area contributed by atoms with Crippen LogP contribution in [0.4, 0.5) is 5.69 Å². The van der Waals surface area contributed by atoms with Crippen molar-refractivity contribution in [1.82, 2.24) is 0 Å². The number of methoxy groups -OCH3 is 1. The van der Waals surface area contributed by atoms with E-state index in [-0.39, 0.29) is 17.1 Å². The van der Waals surface area contributed by atoms with E-state index in [4.69, 9.17) is 4.74 Å². The van der Waals surface area contributed by atoms with Crippen molar-refractivity contribution in [3.05, 3.63) is 52.5 Å². The summed E-state index contributed by atoms with van der Waals surface area (Å²) in [7, 11) is 1.44. The van der Waals surface area contributed by atoms with E-state index >= 15 is 0 Å². The van der Waals surface area contributed by atoms with Gasteiger partial charge in [0.15, 0.2) is 11.5 Å². The maximum absolute atomic E-state index is 12.0. The summed E-state index contributed by atoms with van der Waals surface area (Å²) in [5.41, 5.74) is 0.817. The van der Waals surface area contributed by atoms with Crippen molar-refractivity contribution in [1.29, 1.82) is 0 Å². The highest BCUT2D eigenvalue weighted by Gasteiger charge is 2.14. The third-order valence-electron chi connectivity index (χ3n) is 2.57. The lowest BCUT2D eigenvalue weighted by atomic mass is 10.1. The normalized spacial score (nSPS) is 10.0. The minimum Gasteiger partial charge on any atom is -0.504 e. The number of phenols is 1. The van der Waals surface area contributed by atoms with Crippen molar-refractivity contribution in [2.24, 2.45) is 0 Å². The van der Waals surface area contributed by atoms with Gasteiger partial charge >= 0.3 is 0 Å². The lowest BCUT2D eigenvalue weighted by Crippen LogP contribution is -2.12. The molecule has 19 heavy (non-hydrogen) atoms. The van der Waals surface area contributed by atoms with Crippen LogP contribution < -0.4 is 10.1 Å². The average Bonchev–Trinajstić information content (AvgIpc) is 2.41. The van der Waals surface area contributed by atoms with Crippen molar-refractivity contribution >= 4 is 27.5 Å². The number of hydrogen-bond acceptors (Lipinski definition) is 3. The molecule has 0 fully saturated rings. The van der Waals surface area contributed by atoms with Gasteiger partial charge in [-0.3, -0.25) is 4.79 Å². The molecule has 0 aliphatic heterocycles. The third kappa shape index (κ3) is 3.06. The third-order valence-corrected chi connectivity index (χ3v) is 3.09. The van der Waals surface area contributed by atoms with Crippen molar-refractivity contribution < 1.29 is 14.6 Å². The molecule has 0 heterocycles. The number of phenolic OH excluding ortho intramolecular Hbond substituents is 1. The van der Waals surface area contributed by atoms with Gasteiger partial charge in [0.1, 0.15) is 0 Å². The number of hydrogen-bond donors (Lipinski definition) is 2. The molecule has 2 rings (SSSR count). The first-order valence-electron chi connectivity index (χ1n) is 5.54. The molecule has 0 saturated carbocycles. The van der Waals surface area contributed by atoms with Gasteiger partial charge in [0.2, 0.25) is 0 Å². The second-order valence-corrected chi connectivity index (χ2v) is 4.73. The molecule has 0 unspecified atom stereocenters. The van der Waals surface area contributed by atoms with Gasteiger partial charge in [-0.2, -0.15) is 0 Å². The summed E-state index contributed by atoms with van der Waals surface area (Å²) >= 11 is 3.32. The zero-order valence-corrected chi connectivity index (χ0v) is 11.8. The predicted octanol–water partition coefficient (Wildman–Crippen LogP) is 3.42. The molecule has 2 aromatic rings. The zero-order valence-electron chi connectivity index (χ0n) is 10.2. The number of amides is 1. The fourth-order valence-electron chi connectivity index (χ4n) is 1.60. The highest BCUT2D eigenvalue weighted by Crippen LogP contribution is 2.29. The molecular formula is C14H12BrNO3. The summed E-state index contributed by atoms with van der Waals surface area (Å²) < 4.78 is 5.89. The number of ether oxygens (including phenoxy) is 1. The van der Waals surface area contributed by atoms with Gasteiger partial charge in [-0.15, -0.1) is 0 Å². The van der Waals surface area contributed by atoms with Crippen LogP contribution in [-0.4, -0.2) is 18.1 Å². The molecule has 98 valence electrons. The van der Waals surface area contributed by atoms with Crippen LogP contribution >= 0.6 is 15.9 Å². The van der Waals surface area contributed by atoms with Crippen LogP contribution in [0.1, 0.15) is 10.4 Å². The van der Waals surface area contributed by atoms with E-state index in [2.05, 4.69) is 21.2 Å². The first kappa shape index (κ1) is 13.4. The largest absolute Gasteiger partial charge is 0.504 e. The molecule has 0 aliphatic rings. The van der Waals surface area contributed by atoms with Gasteiger partial charge in [-0.05, 0) is 36.4 Å². The number of nitrogens with one attached hydrogen (secondary N) is 1. The fourth-order valence-corrected chi connectivity index (χ4v) is 1.87. The number of carbonyl (C=O) groups is 1. The highest BCUT2D eigenvalue weighted by molar-refractivity contribution is 9.10. The molecule has 0 aromatic heterocycles. The number of halogens is 1. The number of para-hydroxylation sites is 1. The summed E-state index contributed by atoms with van der Waals surface area (Å²) in [5, 5.41) is 12.6. The van der Waals surface area contributed by atoms with Crippen molar-refractivity contribution in [3.63, 3.8) is 0 Å². The summed E-state index contributed by atoms with van der Waals surface area (Å²) in [4.78, 5) is 12.0. The van der Waals surface area contributed by atoms with E-state index in [1.165, 1.54) is 13.2 Å². The molecule has 4 nitrogen and oxygen atoms in total. The first-order valence-corrected chi connectivity index (χ1v) is 6.34. The van der Waals surface area contributed by atoms with E-state index in [9.17, 15) is 9.90 Å². The minimum atomic E-state index is -0.390. The molecule has 2 N–H and O–H groups in total. The zero-order chi connectivity index (χ0) is 13.8. The molecule has 0 saturated heterocycles. The minimum absolute atomic E-state index is 0.167. The molecule has 0 spiro atoms. The molecule has 2 aromatic carbocycles. The SMILES string of the molecule is COc1cccc(C(=O)Nc2ccc(Br)cc2)c1O. The van der Waals surface area contributed by atoms with Gasteiger partial charge in [-0.25, -0.2) is 0 Å². The Morgan fingerprint density at radius 3 is 2.53 bits per heavy atom. The van der Waals surface area contributed by atoms with Crippen molar-refractivity contribution in [3.8, 4) is 11.5 Å². The Hall–Kier alpha value is -2.01. The Labute approximate surface area is 119 Å². The van der Waals surface area contributed by atoms with Gasteiger partial charge in [0, 0.05) is 10.2 Å². The van der Waals surface area contributed by atoms with Crippen LogP contribution in [0.3, 0.4) is 0 Å². The Balaban J connectivity index is 2.23. The van der Waals surface area contributed by atoms with Crippen LogP contribution in [-0.2, 0) is 0 Å². The highest BCUT2D eigenvalue weighted by atomic mass is 79.9. The Kier molecular flexibility index (Phi) is 4.06. The molecular weight excluding hydrogens is 310 g/mol. The van der Waals surface area contributed by atoms with Crippen LogP contribution in [0.25, 0.3) is 0 Å². The lowest BCUT2D eigenvalue weighted by Gasteiger charge is -2.09. The maximum atomic E-state index is 12.0. The molecule has 0 bridgehead atoms. The molecule has 0 aliphatic carbocycles. The van der Waals surface area contributed by atoms with Gasteiger partial charge in [0.25, 0.3) is 5.91 Å². The number of aromatic hydroxyl groups is 1. The number of benzene rings is 2. The lowest BCUT2D eigenvalue weighted by molar-refractivity contribution is 0.102. The average molecular weight is 322 g/mol. The Morgan fingerprint density at radius 1 is 1.21 bits per heavy atom. The molecule has 0 radical (unpaired) electrons. The summed E-state index contributed by atoms with van der Waals surface area (Å²) in [6.07, 6.45) is 0. The quantitative estimate of drug-likeness (QED) is 0.910. The summed E-state index contributed by atoms with van der Waals surface area (Å²) in [6, 6.07) is 11.9. The number of rotatable bonds is 3. The Bertz CT molecular complexity index is 596. The van der Waals surface area contributed by atoms with Gasteiger partial charge in [0.05, 0.1) is 12.7 Å². The standard InChI is InChI=1S/C14H12BrNO3/c1-19-12-4-2-3-11(13(12)17)14(18)16-10-7-5-9(15)6-8-10/h2-8,17H,1H3,(H,16,18). The van der Waals surface area contributed by atoms with E-state index in [1.54, 1.807) is 24.3 Å². The Morgan fingerprint density at radius 2 is 1.89 bits per heavy atom. The smallest absolute Gasteiger partial charge is 0.259 e. The van der Waals surface area contributed by atoms with E-state index in [0.29, 0.717) is 5.69 Å². The first-order chi connectivity index (χ1) is 9.11. The predicted molar refractivity (Wildman–Crippen MR) is 76.8 cm³/mol. The van der Waals surface area contributed by atoms with Crippen molar-refractivity contribution in [2.75, 3.05) is 12.4 Å². The van der Waals surface area contributed by atoms with E-state index in [1.807, 2.05) is 12.1 Å². The monoisotopic (exact) mass is 321 g/mol. The second-order valence-electron chi connectivity index (χ2n) is 3.82. The summed E-state index contributed by atoms with van der Waals surface area (Å²) in [6.45, 7) is 0. The molecule has 5 heteroatoms. The van der Waals surface area contributed by atoms with Crippen LogP contribution in [0.5, 0.6) is 11.5 Å². The van der Waals surface area contributed by atoms with Crippen LogP contribution in [0, 0.1) is 0 Å². The van der Waals surface area contributed by atoms with Gasteiger partial charge < -0.3 is 15.2 Å². The topological polar surface area (TPSA) is 58.6 Å². The number of anilines is 1. The maximum Gasteiger partial charge on any atom is 0.259 e.